The molecule has 1 aromatic rings. The maximum atomic E-state index is 12.3. The van der Waals surface area contributed by atoms with Gasteiger partial charge in [0.25, 0.3) is 0 Å². The van der Waals surface area contributed by atoms with Gasteiger partial charge in [0.2, 0.25) is 0 Å². The van der Waals surface area contributed by atoms with E-state index in [1.165, 1.54) is 25.3 Å². The summed E-state index contributed by atoms with van der Waals surface area (Å²) in [5, 5.41) is 0. The van der Waals surface area contributed by atoms with E-state index in [1.807, 2.05) is 0 Å². The second kappa shape index (κ2) is 7.47. The van der Waals surface area contributed by atoms with Crippen molar-refractivity contribution in [1.29, 1.82) is 0 Å². The number of esters is 1. The monoisotopic (exact) mass is 286 g/mol. The predicted molar refractivity (Wildman–Crippen MR) is 69.9 cm³/mol. The number of halogens is 2. The van der Waals surface area contributed by atoms with E-state index in [0.717, 1.165) is 0 Å². The van der Waals surface area contributed by atoms with E-state index in [4.69, 9.17) is 9.47 Å². The minimum Gasteiger partial charge on any atom is -0.493 e. The van der Waals surface area contributed by atoms with Crippen LogP contribution in [-0.2, 0) is 9.53 Å². The Morgan fingerprint density at radius 2 is 2.05 bits per heavy atom. The third-order valence-corrected chi connectivity index (χ3v) is 2.38. The zero-order chi connectivity index (χ0) is 15.1. The number of carbonyl (C=O) groups is 1. The Morgan fingerprint density at radius 1 is 1.35 bits per heavy atom. The molecule has 20 heavy (non-hydrogen) atoms. The van der Waals surface area contributed by atoms with E-state index < -0.39 is 12.6 Å². The van der Waals surface area contributed by atoms with E-state index in [0.29, 0.717) is 11.1 Å². The minimum atomic E-state index is -2.95. The summed E-state index contributed by atoms with van der Waals surface area (Å²) < 4.78 is 38.7. The molecule has 0 N–H and O–H groups in total. The summed E-state index contributed by atoms with van der Waals surface area (Å²) in [7, 11) is 1.35. The molecular formula is C14H16F2O4. The van der Waals surface area contributed by atoms with Crippen LogP contribution in [0.5, 0.6) is 11.5 Å². The van der Waals surface area contributed by atoms with Crippen LogP contribution < -0.4 is 9.47 Å². The molecule has 0 aromatic heterocycles. The molecule has 0 unspecified atom stereocenters. The molecule has 0 atom stereocenters. The number of benzene rings is 1. The highest BCUT2D eigenvalue weighted by Crippen LogP contribution is 2.30. The normalized spacial score (nSPS) is 11.4. The second-order valence-electron chi connectivity index (χ2n) is 3.84. The van der Waals surface area contributed by atoms with Crippen LogP contribution >= 0.6 is 0 Å². The standard InChI is InChI=1S/C14H16F2O4/c1-4-19-13(17)9(2)7-10-5-6-11(18-3)12(8-10)20-14(15)16/h5-8,14H,4H2,1-3H3/b9-7+. The summed E-state index contributed by atoms with van der Waals surface area (Å²) in [6, 6.07) is 4.48. The molecule has 0 spiro atoms. The first-order valence-corrected chi connectivity index (χ1v) is 5.96. The summed E-state index contributed by atoms with van der Waals surface area (Å²) in [4.78, 5) is 11.5. The molecule has 0 radical (unpaired) electrons. The largest absolute Gasteiger partial charge is 0.493 e. The maximum absolute atomic E-state index is 12.3. The summed E-state index contributed by atoms with van der Waals surface area (Å²) in [5.41, 5.74) is 0.895. The van der Waals surface area contributed by atoms with Crippen LogP contribution in [-0.4, -0.2) is 26.3 Å². The Labute approximate surface area is 115 Å². The number of hydrogen-bond acceptors (Lipinski definition) is 4. The van der Waals surface area contributed by atoms with Gasteiger partial charge in [0, 0.05) is 5.57 Å². The van der Waals surface area contributed by atoms with Gasteiger partial charge in [-0.1, -0.05) is 6.07 Å². The molecule has 1 aromatic carbocycles. The SMILES string of the molecule is CCOC(=O)/C(C)=C/c1ccc(OC)c(OC(F)F)c1. The molecule has 0 bridgehead atoms. The van der Waals surface area contributed by atoms with E-state index in [2.05, 4.69) is 4.74 Å². The molecule has 110 valence electrons. The third-order valence-electron chi connectivity index (χ3n) is 2.38. The van der Waals surface area contributed by atoms with Crippen LogP contribution in [0.25, 0.3) is 6.08 Å². The predicted octanol–water partition coefficient (Wildman–Crippen LogP) is 3.26. The fourth-order valence-corrected chi connectivity index (χ4v) is 1.53. The fourth-order valence-electron chi connectivity index (χ4n) is 1.53. The minimum absolute atomic E-state index is 0.0899. The van der Waals surface area contributed by atoms with Gasteiger partial charge in [-0.25, -0.2) is 4.79 Å². The lowest BCUT2D eigenvalue weighted by atomic mass is 10.1. The van der Waals surface area contributed by atoms with Gasteiger partial charge in [-0.2, -0.15) is 8.78 Å². The van der Waals surface area contributed by atoms with Gasteiger partial charge in [0.05, 0.1) is 13.7 Å². The van der Waals surface area contributed by atoms with Crippen LogP contribution in [0.3, 0.4) is 0 Å². The Hall–Kier alpha value is -2.11. The van der Waals surface area contributed by atoms with Gasteiger partial charge in [-0.3, -0.25) is 0 Å². The molecule has 0 fully saturated rings. The van der Waals surface area contributed by atoms with Gasteiger partial charge >= 0.3 is 12.6 Å². The number of hydrogen-bond donors (Lipinski definition) is 0. The molecule has 0 heterocycles. The van der Waals surface area contributed by atoms with Crippen molar-refractivity contribution in [3.63, 3.8) is 0 Å². The van der Waals surface area contributed by atoms with Crippen LogP contribution in [0.15, 0.2) is 23.8 Å². The highest BCUT2D eigenvalue weighted by atomic mass is 19.3. The molecule has 0 saturated carbocycles. The van der Waals surface area contributed by atoms with Gasteiger partial charge in [-0.15, -0.1) is 0 Å². The fraction of sp³-hybridized carbons (Fsp3) is 0.357. The first-order chi connectivity index (χ1) is 9.47. The Bertz CT molecular complexity index is 498. The number of carbonyl (C=O) groups excluding carboxylic acids is 1. The van der Waals surface area contributed by atoms with Gasteiger partial charge in [0.15, 0.2) is 11.5 Å². The van der Waals surface area contributed by atoms with E-state index in [1.54, 1.807) is 19.9 Å². The highest BCUT2D eigenvalue weighted by molar-refractivity contribution is 5.93. The summed E-state index contributed by atoms with van der Waals surface area (Å²) in [6.45, 7) is 0.601. The number of ether oxygens (including phenoxy) is 3. The molecule has 6 heteroatoms. The topological polar surface area (TPSA) is 44.8 Å². The van der Waals surface area contributed by atoms with E-state index >= 15 is 0 Å². The van der Waals surface area contributed by atoms with E-state index in [-0.39, 0.29) is 18.1 Å². The molecule has 1 rings (SSSR count). The first kappa shape index (κ1) is 15.9. The van der Waals surface area contributed by atoms with Crippen LogP contribution in [0.1, 0.15) is 19.4 Å². The van der Waals surface area contributed by atoms with Crippen molar-refractivity contribution in [3.8, 4) is 11.5 Å². The van der Waals surface area contributed by atoms with E-state index in [9.17, 15) is 13.6 Å². The average Bonchev–Trinajstić information content (AvgIpc) is 2.38. The lowest BCUT2D eigenvalue weighted by molar-refractivity contribution is -0.138. The zero-order valence-corrected chi connectivity index (χ0v) is 11.5. The van der Waals surface area contributed by atoms with Crippen LogP contribution in [0.2, 0.25) is 0 Å². The van der Waals surface area contributed by atoms with Crippen molar-refractivity contribution in [3.05, 3.63) is 29.3 Å². The lowest BCUT2D eigenvalue weighted by Gasteiger charge is -2.10. The van der Waals surface area contributed by atoms with Crippen molar-refractivity contribution in [2.24, 2.45) is 0 Å². The average molecular weight is 286 g/mol. The smallest absolute Gasteiger partial charge is 0.387 e. The van der Waals surface area contributed by atoms with Crippen LogP contribution in [0, 0.1) is 0 Å². The second-order valence-corrected chi connectivity index (χ2v) is 3.84. The molecule has 0 aliphatic carbocycles. The highest BCUT2D eigenvalue weighted by Gasteiger charge is 2.11. The Kier molecular flexibility index (Phi) is 5.96. The first-order valence-electron chi connectivity index (χ1n) is 5.96. The molecule has 0 saturated heterocycles. The molecule has 0 amide bonds. The van der Waals surface area contributed by atoms with Gasteiger partial charge in [-0.05, 0) is 37.6 Å². The van der Waals surface area contributed by atoms with Gasteiger partial charge < -0.3 is 14.2 Å². The number of alkyl halides is 2. The van der Waals surface area contributed by atoms with Crippen molar-refractivity contribution in [1.82, 2.24) is 0 Å². The maximum Gasteiger partial charge on any atom is 0.387 e. The lowest BCUT2D eigenvalue weighted by Crippen LogP contribution is -2.05. The van der Waals surface area contributed by atoms with Gasteiger partial charge in [0.1, 0.15) is 0 Å². The van der Waals surface area contributed by atoms with Crippen molar-refractivity contribution < 1.29 is 27.8 Å². The van der Waals surface area contributed by atoms with Crippen LogP contribution in [0.4, 0.5) is 8.78 Å². The molecule has 0 aliphatic rings. The van der Waals surface area contributed by atoms with Crippen molar-refractivity contribution in [2.75, 3.05) is 13.7 Å². The third kappa shape index (κ3) is 4.53. The molecular weight excluding hydrogens is 270 g/mol. The van der Waals surface area contributed by atoms with Crippen molar-refractivity contribution >= 4 is 12.0 Å². The Morgan fingerprint density at radius 3 is 2.60 bits per heavy atom. The Balaban J connectivity index is 3.02. The summed E-state index contributed by atoms with van der Waals surface area (Å²) >= 11 is 0. The summed E-state index contributed by atoms with van der Waals surface area (Å²) in [5.74, 6) is -0.358. The summed E-state index contributed by atoms with van der Waals surface area (Å²) in [6.07, 6.45) is 1.52. The molecule has 0 aliphatic heterocycles. The quantitative estimate of drug-likeness (QED) is 0.595. The number of methoxy groups -OCH3 is 1. The number of rotatable bonds is 6. The zero-order valence-electron chi connectivity index (χ0n) is 11.5. The van der Waals surface area contributed by atoms with Crippen molar-refractivity contribution in [2.45, 2.75) is 20.5 Å². The molecule has 4 nitrogen and oxygen atoms in total.